The van der Waals surface area contributed by atoms with Gasteiger partial charge in [-0.05, 0) is 44.4 Å². The molecule has 0 aromatic heterocycles. The van der Waals surface area contributed by atoms with Gasteiger partial charge in [-0.3, -0.25) is 19.8 Å². The number of carboxylic acid groups (broad SMARTS) is 1. The molecular formula is C24H26N2O4. The summed E-state index contributed by atoms with van der Waals surface area (Å²) in [5.41, 5.74) is -0.178. The predicted molar refractivity (Wildman–Crippen MR) is 111 cm³/mol. The molecule has 0 bridgehead atoms. The first-order valence-corrected chi connectivity index (χ1v) is 10.1. The van der Waals surface area contributed by atoms with Gasteiger partial charge in [0.05, 0.1) is 11.8 Å². The van der Waals surface area contributed by atoms with E-state index in [4.69, 9.17) is 0 Å². The van der Waals surface area contributed by atoms with Crippen LogP contribution >= 0.6 is 0 Å². The number of fused-ring (bicyclic) bond motifs is 1. The van der Waals surface area contributed by atoms with Crippen LogP contribution in [0.25, 0.3) is 0 Å². The van der Waals surface area contributed by atoms with Gasteiger partial charge in [0.1, 0.15) is 0 Å². The third-order valence-electron chi connectivity index (χ3n) is 6.32. The van der Waals surface area contributed by atoms with Crippen molar-refractivity contribution in [2.45, 2.75) is 44.8 Å². The van der Waals surface area contributed by atoms with E-state index in [2.05, 4.69) is 5.32 Å². The van der Waals surface area contributed by atoms with Gasteiger partial charge in [0.15, 0.2) is 5.54 Å². The van der Waals surface area contributed by atoms with Crippen molar-refractivity contribution in [3.63, 3.8) is 0 Å². The first-order chi connectivity index (χ1) is 14.1. The van der Waals surface area contributed by atoms with Gasteiger partial charge in [0, 0.05) is 11.6 Å². The molecule has 6 nitrogen and oxygen atoms in total. The van der Waals surface area contributed by atoms with Crippen molar-refractivity contribution in [2.24, 2.45) is 11.8 Å². The summed E-state index contributed by atoms with van der Waals surface area (Å²) < 4.78 is 0. The number of amides is 2. The maximum Gasteiger partial charge on any atom is 0.329 e. The molecule has 2 aliphatic heterocycles. The number of carboxylic acids is 1. The van der Waals surface area contributed by atoms with Crippen LogP contribution in [0.2, 0.25) is 0 Å². The van der Waals surface area contributed by atoms with Crippen LogP contribution in [0.15, 0.2) is 54.6 Å². The number of nitrogens with zero attached hydrogens (tertiary/aromatic N) is 1. The molecule has 2 aromatic carbocycles. The lowest BCUT2D eigenvalue weighted by Crippen LogP contribution is -2.55. The number of benzene rings is 2. The van der Waals surface area contributed by atoms with Crippen molar-refractivity contribution in [1.82, 2.24) is 10.2 Å². The quantitative estimate of drug-likeness (QED) is 0.766. The first kappa shape index (κ1) is 20.3. The molecule has 2 heterocycles. The molecule has 4 unspecified atom stereocenters. The molecule has 4 rings (SSSR count). The molecule has 30 heavy (non-hydrogen) atoms. The van der Waals surface area contributed by atoms with Gasteiger partial charge in [0.25, 0.3) is 0 Å². The summed E-state index contributed by atoms with van der Waals surface area (Å²) >= 11 is 0. The number of carbonyl (C=O) groups is 3. The van der Waals surface area contributed by atoms with Gasteiger partial charge in [-0.1, -0.05) is 54.6 Å². The largest absolute Gasteiger partial charge is 0.480 e. The summed E-state index contributed by atoms with van der Waals surface area (Å²) in [4.78, 5) is 41.2. The van der Waals surface area contributed by atoms with Crippen LogP contribution in [0.3, 0.4) is 0 Å². The lowest BCUT2D eigenvalue weighted by molar-refractivity contribution is -0.154. The van der Waals surface area contributed by atoms with Crippen LogP contribution in [0.5, 0.6) is 0 Å². The maximum atomic E-state index is 13.6. The Morgan fingerprint density at radius 1 is 1.00 bits per heavy atom. The molecule has 2 N–H and O–H groups in total. The fourth-order valence-corrected chi connectivity index (χ4v) is 5.06. The predicted octanol–water partition coefficient (Wildman–Crippen LogP) is 3.02. The molecule has 0 spiro atoms. The highest BCUT2D eigenvalue weighted by molar-refractivity contribution is 6.10. The normalized spacial score (nSPS) is 28.7. The minimum Gasteiger partial charge on any atom is -0.480 e. The highest BCUT2D eigenvalue weighted by atomic mass is 16.4. The van der Waals surface area contributed by atoms with Crippen molar-refractivity contribution in [1.29, 1.82) is 0 Å². The number of aliphatic carboxylic acids is 1. The zero-order valence-electron chi connectivity index (χ0n) is 17.5. The van der Waals surface area contributed by atoms with Crippen molar-refractivity contribution < 1.29 is 19.5 Å². The van der Waals surface area contributed by atoms with Crippen molar-refractivity contribution in [3.8, 4) is 0 Å². The van der Waals surface area contributed by atoms with Crippen LogP contribution < -0.4 is 5.32 Å². The van der Waals surface area contributed by atoms with E-state index in [0.29, 0.717) is 5.56 Å². The Morgan fingerprint density at radius 3 is 2.17 bits per heavy atom. The van der Waals surface area contributed by atoms with Crippen LogP contribution in [0, 0.1) is 18.8 Å². The second-order valence-corrected chi connectivity index (χ2v) is 9.14. The molecular weight excluding hydrogens is 380 g/mol. The van der Waals surface area contributed by atoms with Crippen molar-refractivity contribution in [3.05, 3.63) is 71.3 Å². The highest BCUT2D eigenvalue weighted by Crippen LogP contribution is 2.54. The fourth-order valence-electron chi connectivity index (χ4n) is 5.06. The van der Waals surface area contributed by atoms with Gasteiger partial charge in [-0.25, -0.2) is 4.79 Å². The van der Waals surface area contributed by atoms with Crippen LogP contribution in [-0.2, 0) is 19.9 Å². The molecule has 2 fully saturated rings. The van der Waals surface area contributed by atoms with Crippen molar-refractivity contribution in [2.75, 3.05) is 0 Å². The van der Waals surface area contributed by atoms with Crippen LogP contribution in [0.4, 0.5) is 0 Å². The standard InChI is InChI=1S/C24H26N2O4/c1-14-10-8-9-13-16(14)19-17-18(21(28)26(20(17)27)23(2,3)4)24(25-19,22(29)30)15-11-6-5-7-12-15/h5-13,17-19,25H,1-4H3,(H,29,30). The van der Waals surface area contributed by atoms with E-state index >= 15 is 0 Å². The third kappa shape index (κ3) is 2.70. The third-order valence-corrected chi connectivity index (χ3v) is 6.32. The molecule has 2 amide bonds. The monoisotopic (exact) mass is 406 g/mol. The van der Waals surface area contributed by atoms with Gasteiger partial charge in [0.2, 0.25) is 11.8 Å². The number of aryl methyl sites for hydroxylation is 1. The zero-order chi connectivity index (χ0) is 21.8. The smallest absolute Gasteiger partial charge is 0.329 e. The average Bonchev–Trinajstić information content (AvgIpc) is 3.17. The summed E-state index contributed by atoms with van der Waals surface area (Å²) in [6, 6.07) is 15.7. The van der Waals surface area contributed by atoms with Crippen molar-refractivity contribution >= 4 is 17.8 Å². The van der Waals surface area contributed by atoms with Crippen LogP contribution in [-0.4, -0.2) is 33.3 Å². The van der Waals surface area contributed by atoms with Gasteiger partial charge >= 0.3 is 5.97 Å². The molecule has 0 radical (unpaired) electrons. The molecule has 0 aliphatic carbocycles. The minimum atomic E-state index is -1.69. The van der Waals surface area contributed by atoms with E-state index in [-0.39, 0.29) is 5.91 Å². The number of hydrogen-bond donors (Lipinski definition) is 2. The number of nitrogens with one attached hydrogen (secondary N) is 1. The Balaban J connectivity index is 1.98. The summed E-state index contributed by atoms with van der Waals surface area (Å²) in [5, 5.41) is 13.7. The highest BCUT2D eigenvalue weighted by Gasteiger charge is 2.70. The first-order valence-electron chi connectivity index (χ1n) is 10.1. The second kappa shape index (κ2) is 6.77. The molecule has 2 aromatic rings. The van der Waals surface area contributed by atoms with Gasteiger partial charge in [-0.2, -0.15) is 0 Å². The van der Waals surface area contributed by atoms with Crippen LogP contribution in [0.1, 0.15) is 43.5 Å². The summed E-state index contributed by atoms with van der Waals surface area (Å²) in [6.07, 6.45) is 0. The van der Waals surface area contributed by atoms with E-state index < -0.39 is 40.8 Å². The second-order valence-electron chi connectivity index (χ2n) is 9.14. The minimum absolute atomic E-state index is 0.322. The Kier molecular flexibility index (Phi) is 4.58. The lowest BCUT2D eigenvalue weighted by Gasteiger charge is -2.35. The number of hydrogen-bond acceptors (Lipinski definition) is 4. The average molecular weight is 406 g/mol. The topological polar surface area (TPSA) is 86.7 Å². The number of imide groups is 1. The van der Waals surface area contributed by atoms with E-state index in [1.165, 1.54) is 4.90 Å². The summed E-state index contributed by atoms with van der Waals surface area (Å²) in [5.74, 6) is -3.75. The Labute approximate surface area is 175 Å². The molecule has 6 heteroatoms. The van der Waals surface area contributed by atoms with E-state index in [9.17, 15) is 19.5 Å². The Morgan fingerprint density at radius 2 is 1.60 bits per heavy atom. The van der Waals surface area contributed by atoms with E-state index in [0.717, 1.165) is 11.1 Å². The zero-order valence-corrected chi connectivity index (χ0v) is 17.5. The number of likely N-dealkylation sites (tertiary alicyclic amines) is 1. The number of rotatable bonds is 3. The molecule has 2 saturated heterocycles. The molecule has 156 valence electrons. The SMILES string of the molecule is Cc1ccccc1C1NC(C(=O)O)(c2ccccc2)C2C(=O)N(C(C)(C)C)C(=O)C12. The molecule has 0 saturated carbocycles. The van der Waals surface area contributed by atoms with Gasteiger partial charge < -0.3 is 5.11 Å². The summed E-state index contributed by atoms with van der Waals surface area (Å²) in [6.45, 7) is 7.32. The maximum absolute atomic E-state index is 13.6. The Hall–Kier alpha value is -2.99. The Bertz CT molecular complexity index is 1030. The van der Waals surface area contributed by atoms with E-state index in [1.54, 1.807) is 51.1 Å². The lowest BCUT2D eigenvalue weighted by atomic mass is 9.75. The van der Waals surface area contributed by atoms with E-state index in [1.807, 2.05) is 31.2 Å². The number of carbonyl (C=O) groups excluding carboxylic acids is 2. The fraction of sp³-hybridized carbons (Fsp3) is 0.375. The molecule has 2 aliphatic rings. The van der Waals surface area contributed by atoms with Gasteiger partial charge in [-0.15, -0.1) is 0 Å². The molecule has 4 atom stereocenters. The summed E-state index contributed by atoms with van der Waals surface area (Å²) in [7, 11) is 0.